The van der Waals surface area contributed by atoms with E-state index in [1.165, 1.54) is 6.92 Å². The molecule has 128 valence electrons. The van der Waals surface area contributed by atoms with Crippen LogP contribution in [0.4, 0.5) is 4.79 Å². The highest BCUT2D eigenvalue weighted by Gasteiger charge is 2.31. The van der Waals surface area contributed by atoms with Crippen LogP contribution < -0.4 is 5.32 Å². The van der Waals surface area contributed by atoms with Crippen molar-refractivity contribution in [3.63, 3.8) is 0 Å². The molecule has 7 heteroatoms. The molecule has 0 aliphatic heterocycles. The second-order valence-electron chi connectivity index (χ2n) is 7.21. The summed E-state index contributed by atoms with van der Waals surface area (Å²) < 4.78 is 10.3. The van der Waals surface area contributed by atoms with Gasteiger partial charge in [-0.1, -0.05) is 6.92 Å². The Morgan fingerprint density at radius 3 is 1.82 bits per heavy atom. The van der Waals surface area contributed by atoms with Crippen molar-refractivity contribution < 1.29 is 29.0 Å². The second kappa shape index (κ2) is 7.47. The quantitative estimate of drug-likeness (QED) is 0.755. The SMILES string of the molecule is C[C@@H](C[C@H](NC(=O)OC(C)(C)C)C(=O)OC(C)(C)C)C(=O)O. The van der Waals surface area contributed by atoms with Crippen LogP contribution in [0, 0.1) is 5.92 Å². The van der Waals surface area contributed by atoms with Crippen LogP contribution in [0.5, 0.6) is 0 Å². The predicted molar refractivity (Wildman–Crippen MR) is 80.4 cm³/mol. The monoisotopic (exact) mass is 317 g/mol. The summed E-state index contributed by atoms with van der Waals surface area (Å²) in [4.78, 5) is 34.9. The number of rotatable bonds is 5. The number of ether oxygens (including phenoxy) is 2. The number of nitrogens with one attached hydrogen (secondary N) is 1. The highest BCUT2D eigenvalue weighted by Crippen LogP contribution is 2.14. The Bertz CT molecular complexity index is 419. The van der Waals surface area contributed by atoms with Crippen LogP contribution in [-0.4, -0.2) is 40.4 Å². The van der Waals surface area contributed by atoms with Gasteiger partial charge in [-0.3, -0.25) is 4.79 Å². The molecule has 2 atom stereocenters. The van der Waals surface area contributed by atoms with Crippen LogP contribution in [0.25, 0.3) is 0 Å². The summed E-state index contributed by atoms with van der Waals surface area (Å²) in [6, 6.07) is -1.08. The van der Waals surface area contributed by atoms with Gasteiger partial charge >= 0.3 is 18.0 Å². The molecular weight excluding hydrogens is 290 g/mol. The molecule has 0 radical (unpaired) electrons. The van der Waals surface area contributed by atoms with Crippen molar-refractivity contribution in [1.29, 1.82) is 0 Å². The number of esters is 1. The molecular formula is C15H27NO6. The summed E-state index contributed by atoms with van der Waals surface area (Å²) in [6.45, 7) is 11.6. The van der Waals surface area contributed by atoms with Gasteiger partial charge in [0.1, 0.15) is 17.2 Å². The Morgan fingerprint density at radius 2 is 1.45 bits per heavy atom. The Balaban J connectivity index is 4.97. The third-order valence-corrected chi connectivity index (χ3v) is 2.39. The van der Waals surface area contributed by atoms with Gasteiger partial charge in [-0.15, -0.1) is 0 Å². The zero-order valence-corrected chi connectivity index (χ0v) is 14.4. The number of carboxylic acids is 1. The fraction of sp³-hybridized carbons (Fsp3) is 0.800. The second-order valence-corrected chi connectivity index (χ2v) is 7.21. The van der Waals surface area contributed by atoms with Crippen molar-refractivity contribution in [2.45, 2.75) is 72.1 Å². The normalized spacial score (nSPS) is 14.7. The van der Waals surface area contributed by atoms with Gasteiger partial charge in [0.15, 0.2) is 0 Å². The third kappa shape index (κ3) is 9.20. The fourth-order valence-corrected chi connectivity index (χ4v) is 1.49. The smallest absolute Gasteiger partial charge is 0.408 e. The number of aliphatic carboxylic acids is 1. The van der Waals surface area contributed by atoms with E-state index in [4.69, 9.17) is 14.6 Å². The molecule has 0 aromatic rings. The summed E-state index contributed by atoms with van der Waals surface area (Å²) in [7, 11) is 0. The van der Waals surface area contributed by atoms with Crippen molar-refractivity contribution in [2.75, 3.05) is 0 Å². The number of hydrogen-bond acceptors (Lipinski definition) is 5. The van der Waals surface area contributed by atoms with E-state index in [2.05, 4.69) is 5.32 Å². The highest BCUT2D eigenvalue weighted by molar-refractivity contribution is 5.82. The summed E-state index contributed by atoms with van der Waals surface area (Å²) in [5, 5.41) is 11.4. The van der Waals surface area contributed by atoms with Crippen LogP contribution >= 0.6 is 0 Å². The van der Waals surface area contributed by atoms with E-state index in [0.717, 1.165) is 0 Å². The van der Waals surface area contributed by atoms with Crippen LogP contribution in [0.1, 0.15) is 54.9 Å². The predicted octanol–water partition coefficient (Wildman–Crippen LogP) is 2.33. The van der Waals surface area contributed by atoms with Crippen molar-refractivity contribution in [1.82, 2.24) is 5.32 Å². The standard InChI is InChI=1S/C15H27NO6/c1-9(11(17)18)8-10(12(19)21-14(2,3)4)16-13(20)22-15(5,6)7/h9-10H,8H2,1-7H3,(H,16,20)(H,17,18)/t9-,10-/m0/s1. The number of amides is 1. The zero-order chi connectivity index (χ0) is 17.7. The lowest BCUT2D eigenvalue weighted by molar-refractivity contribution is -0.158. The zero-order valence-electron chi connectivity index (χ0n) is 14.4. The number of carboxylic acid groups (broad SMARTS) is 1. The first-order chi connectivity index (χ1) is 9.71. The maximum atomic E-state index is 12.1. The van der Waals surface area contributed by atoms with Crippen molar-refractivity contribution >= 4 is 18.0 Å². The fourth-order valence-electron chi connectivity index (χ4n) is 1.49. The van der Waals surface area contributed by atoms with Gasteiger partial charge in [0.2, 0.25) is 0 Å². The molecule has 1 amide bonds. The van der Waals surface area contributed by atoms with Gasteiger partial charge in [-0.25, -0.2) is 9.59 Å². The van der Waals surface area contributed by atoms with Crippen LogP contribution in [-0.2, 0) is 19.1 Å². The molecule has 2 N–H and O–H groups in total. The van der Waals surface area contributed by atoms with Gasteiger partial charge in [0.25, 0.3) is 0 Å². The maximum absolute atomic E-state index is 12.1. The lowest BCUT2D eigenvalue weighted by atomic mass is 10.0. The molecule has 0 fully saturated rings. The Kier molecular flexibility index (Phi) is 6.86. The molecule has 0 aromatic carbocycles. The minimum Gasteiger partial charge on any atom is -0.481 e. The summed E-state index contributed by atoms with van der Waals surface area (Å²) in [5.74, 6) is -2.56. The Hall–Kier alpha value is -1.79. The molecule has 0 spiro atoms. The largest absolute Gasteiger partial charge is 0.481 e. The molecule has 22 heavy (non-hydrogen) atoms. The van der Waals surface area contributed by atoms with Crippen molar-refractivity contribution in [3.8, 4) is 0 Å². The molecule has 0 heterocycles. The third-order valence-electron chi connectivity index (χ3n) is 2.39. The Labute approximate surface area is 131 Å². The van der Waals surface area contributed by atoms with E-state index in [1.54, 1.807) is 41.5 Å². The van der Waals surface area contributed by atoms with Crippen LogP contribution in [0.2, 0.25) is 0 Å². The summed E-state index contributed by atoms with van der Waals surface area (Å²) in [5.41, 5.74) is -1.46. The summed E-state index contributed by atoms with van der Waals surface area (Å²) in [6.07, 6.45) is -0.871. The molecule has 0 bridgehead atoms. The van der Waals surface area contributed by atoms with Crippen molar-refractivity contribution in [2.24, 2.45) is 5.92 Å². The summed E-state index contributed by atoms with van der Waals surface area (Å²) >= 11 is 0. The van der Waals surface area contributed by atoms with Gasteiger partial charge in [-0.2, -0.15) is 0 Å². The first kappa shape index (κ1) is 20.2. The van der Waals surface area contributed by atoms with Gasteiger partial charge in [0, 0.05) is 0 Å². The number of carbonyl (C=O) groups is 3. The molecule has 0 unspecified atom stereocenters. The van der Waals surface area contributed by atoms with Gasteiger partial charge in [-0.05, 0) is 48.0 Å². The molecule has 0 aliphatic rings. The lowest BCUT2D eigenvalue weighted by Crippen LogP contribution is -2.47. The van der Waals surface area contributed by atoms with E-state index in [-0.39, 0.29) is 6.42 Å². The Morgan fingerprint density at radius 1 is 1.00 bits per heavy atom. The minimum absolute atomic E-state index is 0.0799. The average Bonchev–Trinajstić information content (AvgIpc) is 2.22. The number of alkyl carbamates (subject to hydrolysis) is 1. The topological polar surface area (TPSA) is 102 Å². The average molecular weight is 317 g/mol. The van der Waals surface area contributed by atoms with E-state index in [1.807, 2.05) is 0 Å². The molecule has 0 aliphatic carbocycles. The van der Waals surface area contributed by atoms with E-state index >= 15 is 0 Å². The van der Waals surface area contributed by atoms with Crippen LogP contribution in [0.3, 0.4) is 0 Å². The first-order valence-electron chi connectivity index (χ1n) is 7.16. The van der Waals surface area contributed by atoms with Gasteiger partial charge in [0.05, 0.1) is 5.92 Å². The molecule has 0 saturated heterocycles. The molecule has 0 rings (SSSR count). The minimum atomic E-state index is -1.08. The molecule has 7 nitrogen and oxygen atoms in total. The number of carbonyl (C=O) groups excluding carboxylic acids is 2. The number of hydrogen-bond donors (Lipinski definition) is 2. The van der Waals surface area contributed by atoms with E-state index in [0.29, 0.717) is 0 Å². The maximum Gasteiger partial charge on any atom is 0.408 e. The molecule has 0 aromatic heterocycles. The van der Waals surface area contributed by atoms with E-state index in [9.17, 15) is 14.4 Å². The van der Waals surface area contributed by atoms with Crippen LogP contribution in [0.15, 0.2) is 0 Å². The molecule has 0 saturated carbocycles. The lowest BCUT2D eigenvalue weighted by Gasteiger charge is -2.26. The van der Waals surface area contributed by atoms with Crippen molar-refractivity contribution in [3.05, 3.63) is 0 Å². The van der Waals surface area contributed by atoms with Gasteiger partial charge < -0.3 is 19.9 Å². The highest BCUT2D eigenvalue weighted by atomic mass is 16.6. The first-order valence-corrected chi connectivity index (χ1v) is 7.16. The van der Waals surface area contributed by atoms with E-state index < -0.39 is 41.2 Å².